The summed E-state index contributed by atoms with van der Waals surface area (Å²) >= 11 is 4.92. The second-order valence-electron chi connectivity index (χ2n) is 3.05. The maximum atomic E-state index is 3.82. The lowest BCUT2D eigenvalue weighted by Gasteiger charge is -2.20. The van der Waals surface area contributed by atoms with E-state index in [0.717, 1.165) is 11.8 Å². The van der Waals surface area contributed by atoms with Crippen molar-refractivity contribution in [3.8, 4) is 0 Å². The second kappa shape index (κ2) is 4.14. The predicted molar refractivity (Wildman–Crippen MR) is 55.7 cm³/mol. The third-order valence-electron chi connectivity index (χ3n) is 1.78. The van der Waals surface area contributed by atoms with E-state index in [1.165, 1.54) is 16.4 Å². The zero-order valence-corrected chi connectivity index (χ0v) is 9.36. The van der Waals surface area contributed by atoms with Gasteiger partial charge in [-0.1, -0.05) is 33.4 Å². The van der Waals surface area contributed by atoms with Crippen LogP contribution in [0.1, 0.15) is 11.8 Å². The molecule has 0 saturated heterocycles. The molecule has 66 valence electrons. The van der Waals surface area contributed by atoms with Crippen LogP contribution < -0.4 is 0 Å². The van der Waals surface area contributed by atoms with Crippen LogP contribution in [0.3, 0.4) is 0 Å². The molecule has 0 fully saturated rings. The first-order chi connectivity index (χ1) is 5.70. The Morgan fingerprint density at radius 2 is 2.58 bits per heavy atom. The van der Waals surface area contributed by atoms with Crippen LogP contribution in [0.5, 0.6) is 0 Å². The molecule has 0 bridgehead atoms. The zero-order valence-electron chi connectivity index (χ0n) is 6.96. The highest BCUT2D eigenvalue weighted by atomic mass is 79.9. The first-order valence-electron chi connectivity index (χ1n) is 3.66. The lowest BCUT2D eigenvalue weighted by molar-refractivity contribution is 0.497. The van der Waals surface area contributed by atoms with Crippen molar-refractivity contribution < 1.29 is 0 Å². The van der Waals surface area contributed by atoms with Gasteiger partial charge in [0.2, 0.25) is 0 Å². The Bertz CT molecular complexity index is 248. The highest BCUT2D eigenvalue weighted by molar-refractivity contribution is 9.09. The molecule has 0 saturated carbocycles. The highest BCUT2D eigenvalue weighted by Gasteiger charge is 2.20. The van der Waals surface area contributed by atoms with E-state index in [2.05, 4.69) is 39.0 Å². The van der Waals surface area contributed by atoms with Crippen molar-refractivity contribution in [1.82, 2.24) is 9.59 Å². The topological polar surface area (TPSA) is 25.8 Å². The minimum atomic E-state index is 0.119. The van der Waals surface area contributed by atoms with Gasteiger partial charge in [-0.15, -0.1) is 11.7 Å². The lowest BCUT2D eigenvalue weighted by atomic mass is 9.89. The van der Waals surface area contributed by atoms with Gasteiger partial charge in [0.05, 0.1) is 6.20 Å². The van der Waals surface area contributed by atoms with E-state index in [1.54, 1.807) is 0 Å². The van der Waals surface area contributed by atoms with Crippen LogP contribution in [0.4, 0.5) is 0 Å². The molecule has 1 rings (SSSR count). The average Bonchev–Trinajstić information content (AvgIpc) is 2.57. The second-order valence-corrected chi connectivity index (χ2v) is 4.48. The van der Waals surface area contributed by atoms with Crippen LogP contribution in [-0.4, -0.2) is 14.9 Å². The third kappa shape index (κ3) is 2.38. The quantitative estimate of drug-likeness (QED) is 0.603. The molecule has 0 N–H and O–H groups in total. The number of hydrogen-bond donors (Lipinski definition) is 0. The molecule has 1 aromatic heterocycles. The van der Waals surface area contributed by atoms with Crippen LogP contribution in [0.2, 0.25) is 0 Å². The fourth-order valence-electron chi connectivity index (χ4n) is 0.837. The van der Waals surface area contributed by atoms with E-state index >= 15 is 0 Å². The Balaban J connectivity index is 2.66. The van der Waals surface area contributed by atoms with Crippen LogP contribution in [0, 0.1) is 5.41 Å². The van der Waals surface area contributed by atoms with Crippen LogP contribution in [0.15, 0.2) is 18.9 Å². The first kappa shape index (κ1) is 9.86. The number of rotatable bonds is 4. The van der Waals surface area contributed by atoms with Crippen molar-refractivity contribution in [1.29, 1.82) is 0 Å². The zero-order chi connectivity index (χ0) is 9.03. The molecule has 0 aliphatic rings. The summed E-state index contributed by atoms with van der Waals surface area (Å²) in [7, 11) is 0. The summed E-state index contributed by atoms with van der Waals surface area (Å²) in [5, 5.41) is 4.71. The Morgan fingerprint density at radius 1 is 1.83 bits per heavy atom. The van der Waals surface area contributed by atoms with Gasteiger partial charge in [-0.05, 0) is 23.4 Å². The number of alkyl halides is 1. The Kier molecular flexibility index (Phi) is 3.40. The van der Waals surface area contributed by atoms with Crippen LogP contribution in [-0.2, 0) is 6.42 Å². The molecule has 0 spiro atoms. The molecular weight excluding hydrogens is 236 g/mol. The summed E-state index contributed by atoms with van der Waals surface area (Å²) in [5.41, 5.74) is 0.119. The fraction of sp³-hybridized carbons (Fsp3) is 0.500. The summed E-state index contributed by atoms with van der Waals surface area (Å²) < 4.78 is 3.82. The van der Waals surface area contributed by atoms with Crippen molar-refractivity contribution in [2.75, 3.05) is 5.33 Å². The van der Waals surface area contributed by atoms with E-state index in [-0.39, 0.29) is 5.41 Å². The third-order valence-corrected chi connectivity index (χ3v) is 3.72. The van der Waals surface area contributed by atoms with Gasteiger partial charge in [0.25, 0.3) is 0 Å². The summed E-state index contributed by atoms with van der Waals surface area (Å²) in [6.45, 7) is 5.98. The molecule has 2 nitrogen and oxygen atoms in total. The average molecular weight is 247 g/mol. The number of aromatic nitrogens is 2. The lowest BCUT2D eigenvalue weighted by Crippen LogP contribution is -2.17. The molecule has 0 aliphatic heterocycles. The normalized spacial score (nSPS) is 15.5. The smallest absolute Gasteiger partial charge is 0.0653 e. The molecule has 0 aromatic carbocycles. The minimum Gasteiger partial charge on any atom is -0.146 e. The van der Waals surface area contributed by atoms with Crippen LogP contribution in [0.25, 0.3) is 0 Å². The molecule has 4 heteroatoms. The summed E-state index contributed by atoms with van der Waals surface area (Å²) in [5.74, 6) is 0. The molecular formula is C8H11BrN2S. The van der Waals surface area contributed by atoms with Gasteiger partial charge in [-0.3, -0.25) is 0 Å². The Hall–Kier alpha value is -0.220. The van der Waals surface area contributed by atoms with E-state index < -0.39 is 0 Å². The maximum Gasteiger partial charge on any atom is 0.0653 e. The predicted octanol–water partition coefficient (Wildman–Crippen LogP) is 2.67. The monoisotopic (exact) mass is 246 g/mol. The minimum absolute atomic E-state index is 0.119. The first-order valence-corrected chi connectivity index (χ1v) is 5.55. The summed E-state index contributed by atoms with van der Waals surface area (Å²) in [4.78, 5) is 1.21. The van der Waals surface area contributed by atoms with Gasteiger partial charge in [-0.2, -0.15) is 0 Å². The largest absolute Gasteiger partial charge is 0.146 e. The molecule has 0 aliphatic carbocycles. The van der Waals surface area contributed by atoms with E-state index in [9.17, 15) is 0 Å². The van der Waals surface area contributed by atoms with Gasteiger partial charge in [-0.25, -0.2) is 0 Å². The van der Waals surface area contributed by atoms with Crippen molar-refractivity contribution >= 4 is 27.5 Å². The van der Waals surface area contributed by atoms with Crippen molar-refractivity contribution in [2.45, 2.75) is 13.3 Å². The molecule has 12 heavy (non-hydrogen) atoms. The molecule has 0 amide bonds. The standard InChI is InChI=1S/C8H11BrN2S/c1-3-8(2,6-9)4-7-5-10-11-12-7/h3,5H,1,4,6H2,2H3. The van der Waals surface area contributed by atoms with Crippen molar-refractivity contribution in [2.24, 2.45) is 5.41 Å². The Labute approximate surface area is 85.0 Å². The summed E-state index contributed by atoms with van der Waals surface area (Å²) in [6, 6.07) is 0. The number of hydrogen-bond acceptors (Lipinski definition) is 3. The van der Waals surface area contributed by atoms with Gasteiger partial charge in [0.15, 0.2) is 0 Å². The SMILES string of the molecule is C=CC(C)(CBr)Cc1cnns1. The number of halogens is 1. The number of nitrogens with zero attached hydrogens (tertiary/aromatic N) is 2. The van der Waals surface area contributed by atoms with Gasteiger partial charge in [0.1, 0.15) is 0 Å². The van der Waals surface area contributed by atoms with E-state index in [4.69, 9.17) is 0 Å². The van der Waals surface area contributed by atoms with Gasteiger partial charge < -0.3 is 0 Å². The maximum absolute atomic E-state index is 3.82. The molecule has 1 heterocycles. The molecule has 1 unspecified atom stereocenters. The fourth-order valence-corrected chi connectivity index (χ4v) is 1.95. The van der Waals surface area contributed by atoms with Crippen molar-refractivity contribution in [3.05, 3.63) is 23.7 Å². The number of allylic oxidation sites excluding steroid dienone is 1. The molecule has 1 aromatic rings. The summed E-state index contributed by atoms with van der Waals surface area (Å²) in [6.07, 6.45) is 4.75. The highest BCUT2D eigenvalue weighted by Crippen LogP contribution is 2.26. The van der Waals surface area contributed by atoms with Crippen molar-refractivity contribution in [3.63, 3.8) is 0 Å². The van der Waals surface area contributed by atoms with E-state index in [0.29, 0.717) is 0 Å². The van der Waals surface area contributed by atoms with Gasteiger partial charge in [0, 0.05) is 10.2 Å². The van der Waals surface area contributed by atoms with E-state index in [1.807, 2.05) is 12.3 Å². The van der Waals surface area contributed by atoms with Gasteiger partial charge >= 0.3 is 0 Å². The van der Waals surface area contributed by atoms with Crippen LogP contribution >= 0.6 is 27.5 Å². The molecule has 0 radical (unpaired) electrons. The Morgan fingerprint density at radius 3 is 3.00 bits per heavy atom. The molecule has 1 atom stereocenters.